The van der Waals surface area contributed by atoms with Crippen molar-refractivity contribution in [1.29, 1.82) is 0 Å². The Morgan fingerprint density at radius 1 is 1.05 bits per heavy atom. The largest absolute Gasteiger partial charge is 0.461 e. The minimum Gasteiger partial charge on any atom is -0.461 e. The van der Waals surface area contributed by atoms with Crippen molar-refractivity contribution in [3.8, 4) is 0 Å². The van der Waals surface area contributed by atoms with E-state index in [9.17, 15) is 0 Å². The van der Waals surface area contributed by atoms with E-state index >= 15 is 0 Å². The van der Waals surface area contributed by atoms with Crippen LogP contribution in [0, 0.1) is 0 Å². The van der Waals surface area contributed by atoms with E-state index in [0.717, 1.165) is 28.8 Å². The van der Waals surface area contributed by atoms with E-state index in [1.54, 1.807) is 0 Å². The lowest BCUT2D eigenvalue weighted by atomic mass is 10.2. The molecule has 0 amide bonds. The average molecular weight is 279 g/mol. The predicted octanol–water partition coefficient (Wildman–Crippen LogP) is 3.40. The number of aliphatic imine (C=N–C) groups is 1. The third kappa shape index (κ3) is 3.42. The maximum atomic E-state index is 5.85. The second-order valence-electron chi connectivity index (χ2n) is 4.76. The first-order valence-electron chi connectivity index (χ1n) is 6.91. The molecule has 3 aromatic rings. The number of fused-ring (bicyclic) bond motifs is 1. The number of hydrogen-bond donors (Lipinski definition) is 2. The number of nitrogens with two attached hydrogens (primary N) is 1. The molecular weight excluding hydrogens is 262 g/mol. The quantitative estimate of drug-likeness (QED) is 0.568. The number of para-hydroxylation sites is 2. The molecule has 21 heavy (non-hydrogen) atoms. The highest BCUT2D eigenvalue weighted by molar-refractivity contribution is 5.92. The Balaban J connectivity index is 1.58. The lowest BCUT2D eigenvalue weighted by molar-refractivity contribution is 0.550. The van der Waals surface area contributed by atoms with Crippen molar-refractivity contribution in [2.75, 3.05) is 11.9 Å². The SMILES string of the molecule is NC(=NCCc1cc2ccccc2o1)Nc1ccccc1. The summed E-state index contributed by atoms with van der Waals surface area (Å²) < 4.78 is 5.74. The van der Waals surface area contributed by atoms with Gasteiger partial charge in [0.05, 0.1) is 0 Å². The number of furan rings is 1. The third-order valence-corrected chi connectivity index (χ3v) is 3.16. The first kappa shape index (κ1) is 13.2. The standard InChI is InChI=1S/C17H17N3O/c18-17(20-14-7-2-1-3-8-14)19-11-10-15-12-13-6-4-5-9-16(13)21-15/h1-9,12H,10-11H2,(H3,18,19,20). The lowest BCUT2D eigenvalue weighted by Crippen LogP contribution is -2.22. The zero-order valence-corrected chi connectivity index (χ0v) is 11.6. The van der Waals surface area contributed by atoms with Crippen LogP contribution in [0.4, 0.5) is 5.69 Å². The van der Waals surface area contributed by atoms with Crippen LogP contribution in [0.3, 0.4) is 0 Å². The van der Waals surface area contributed by atoms with E-state index < -0.39 is 0 Å². The van der Waals surface area contributed by atoms with Gasteiger partial charge in [-0.3, -0.25) is 4.99 Å². The van der Waals surface area contributed by atoms with Gasteiger partial charge in [0.15, 0.2) is 5.96 Å². The Labute approximate surface area is 123 Å². The molecule has 0 saturated carbocycles. The first-order chi connectivity index (χ1) is 10.3. The smallest absolute Gasteiger partial charge is 0.193 e. The minimum atomic E-state index is 0.414. The zero-order chi connectivity index (χ0) is 14.5. The van der Waals surface area contributed by atoms with Gasteiger partial charge < -0.3 is 15.5 Å². The van der Waals surface area contributed by atoms with Crippen molar-refractivity contribution in [2.45, 2.75) is 6.42 Å². The maximum Gasteiger partial charge on any atom is 0.193 e. The van der Waals surface area contributed by atoms with Gasteiger partial charge in [0.25, 0.3) is 0 Å². The van der Waals surface area contributed by atoms with Crippen LogP contribution in [0.2, 0.25) is 0 Å². The van der Waals surface area contributed by atoms with Gasteiger partial charge in [0.1, 0.15) is 11.3 Å². The minimum absolute atomic E-state index is 0.414. The van der Waals surface area contributed by atoms with Gasteiger partial charge >= 0.3 is 0 Å². The first-order valence-corrected chi connectivity index (χ1v) is 6.91. The van der Waals surface area contributed by atoms with Crippen molar-refractivity contribution in [3.05, 3.63) is 66.4 Å². The summed E-state index contributed by atoms with van der Waals surface area (Å²) in [4.78, 5) is 4.31. The summed E-state index contributed by atoms with van der Waals surface area (Å²) in [5.74, 6) is 1.34. The lowest BCUT2D eigenvalue weighted by Gasteiger charge is -2.04. The van der Waals surface area contributed by atoms with Crippen molar-refractivity contribution in [2.24, 2.45) is 10.7 Å². The van der Waals surface area contributed by atoms with Gasteiger partial charge in [0, 0.05) is 24.0 Å². The maximum absolute atomic E-state index is 5.85. The van der Waals surface area contributed by atoms with Gasteiger partial charge in [-0.05, 0) is 24.3 Å². The number of rotatable bonds is 4. The molecule has 106 valence electrons. The van der Waals surface area contributed by atoms with Crippen LogP contribution in [0.5, 0.6) is 0 Å². The van der Waals surface area contributed by atoms with Gasteiger partial charge in [-0.1, -0.05) is 36.4 Å². The summed E-state index contributed by atoms with van der Waals surface area (Å²) in [5.41, 5.74) is 7.70. The number of nitrogens with one attached hydrogen (secondary N) is 1. The molecular formula is C17H17N3O. The molecule has 0 aliphatic heterocycles. The van der Waals surface area contributed by atoms with Crippen LogP contribution in [-0.4, -0.2) is 12.5 Å². The summed E-state index contributed by atoms with van der Waals surface area (Å²) in [6, 6.07) is 19.8. The molecule has 0 atom stereocenters. The molecule has 3 N–H and O–H groups in total. The monoisotopic (exact) mass is 279 g/mol. The fourth-order valence-corrected chi connectivity index (χ4v) is 2.16. The molecule has 1 heterocycles. The summed E-state index contributed by atoms with van der Waals surface area (Å²) in [5, 5.41) is 4.17. The Kier molecular flexibility index (Phi) is 3.87. The Hall–Kier alpha value is -2.75. The molecule has 0 saturated heterocycles. The van der Waals surface area contributed by atoms with Gasteiger partial charge in [0.2, 0.25) is 0 Å². The van der Waals surface area contributed by atoms with Crippen LogP contribution in [-0.2, 0) is 6.42 Å². The van der Waals surface area contributed by atoms with E-state index in [4.69, 9.17) is 10.2 Å². The summed E-state index contributed by atoms with van der Waals surface area (Å²) in [7, 11) is 0. The molecule has 3 rings (SSSR count). The second kappa shape index (κ2) is 6.13. The fourth-order valence-electron chi connectivity index (χ4n) is 2.16. The highest BCUT2D eigenvalue weighted by Gasteiger charge is 2.02. The van der Waals surface area contributed by atoms with Gasteiger partial charge in [-0.25, -0.2) is 0 Å². The van der Waals surface area contributed by atoms with Crippen molar-refractivity contribution in [1.82, 2.24) is 0 Å². The van der Waals surface area contributed by atoms with E-state index in [2.05, 4.69) is 10.3 Å². The molecule has 0 aliphatic carbocycles. The second-order valence-corrected chi connectivity index (χ2v) is 4.76. The van der Waals surface area contributed by atoms with Crippen LogP contribution >= 0.6 is 0 Å². The zero-order valence-electron chi connectivity index (χ0n) is 11.6. The summed E-state index contributed by atoms with van der Waals surface area (Å²) in [6.07, 6.45) is 0.728. The molecule has 1 aromatic heterocycles. The number of guanidine groups is 1. The molecule has 0 unspecified atom stereocenters. The van der Waals surface area contributed by atoms with Crippen molar-refractivity contribution >= 4 is 22.6 Å². The van der Waals surface area contributed by atoms with Crippen molar-refractivity contribution < 1.29 is 4.42 Å². The topological polar surface area (TPSA) is 63.5 Å². The van der Waals surface area contributed by atoms with E-state index in [-0.39, 0.29) is 0 Å². The third-order valence-electron chi connectivity index (χ3n) is 3.16. The molecule has 4 nitrogen and oxygen atoms in total. The normalized spacial score (nSPS) is 11.7. The number of benzene rings is 2. The molecule has 0 spiro atoms. The predicted molar refractivity (Wildman–Crippen MR) is 86.5 cm³/mol. The Morgan fingerprint density at radius 3 is 2.62 bits per heavy atom. The highest BCUT2D eigenvalue weighted by Crippen LogP contribution is 2.18. The summed E-state index contributed by atoms with van der Waals surface area (Å²) >= 11 is 0. The molecule has 0 radical (unpaired) electrons. The van der Waals surface area contributed by atoms with E-state index in [1.807, 2.05) is 60.7 Å². The van der Waals surface area contributed by atoms with Crippen LogP contribution in [0.15, 0.2) is 70.1 Å². The van der Waals surface area contributed by atoms with Crippen LogP contribution < -0.4 is 11.1 Å². The van der Waals surface area contributed by atoms with Crippen LogP contribution in [0.25, 0.3) is 11.0 Å². The van der Waals surface area contributed by atoms with E-state index in [1.165, 1.54) is 0 Å². The Morgan fingerprint density at radius 2 is 1.81 bits per heavy atom. The van der Waals surface area contributed by atoms with Gasteiger partial charge in [-0.2, -0.15) is 0 Å². The molecule has 4 heteroatoms. The van der Waals surface area contributed by atoms with Gasteiger partial charge in [-0.15, -0.1) is 0 Å². The molecule has 2 aromatic carbocycles. The fraction of sp³-hybridized carbons (Fsp3) is 0.118. The molecule has 0 bridgehead atoms. The van der Waals surface area contributed by atoms with Crippen LogP contribution in [0.1, 0.15) is 5.76 Å². The number of nitrogens with zero attached hydrogens (tertiary/aromatic N) is 1. The molecule has 0 fully saturated rings. The Bertz CT molecular complexity index is 714. The highest BCUT2D eigenvalue weighted by atomic mass is 16.3. The number of anilines is 1. The molecule has 0 aliphatic rings. The average Bonchev–Trinajstić information content (AvgIpc) is 2.91. The van der Waals surface area contributed by atoms with Crippen molar-refractivity contribution in [3.63, 3.8) is 0 Å². The number of hydrogen-bond acceptors (Lipinski definition) is 2. The summed E-state index contributed by atoms with van der Waals surface area (Å²) in [6.45, 7) is 0.589. The van der Waals surface area contributed by atoms with E-state index in [0.29, 0.717) is 12.5 Å².